The Morgan fingerprint density at radius 2 is 1.93 bits per heavy atom. The van der Waals surface area contributed by atoms with Gasteiger partial charge in [-0.15, -0.1) is 22.0 Å². The number of alkyl carbamates (subject to hydrolysis) is 1. The number of carboxylic acid groups (broad SMARTS) is 1. The Kier molecular flexibility index (Phi) is 9.55. The molecule has 0 aliphatic carbocycles. The molecule has 0 bridgehead atoms. The van der Waals surface area contributed by atoms with Crippen LogP contribution in [0.25, 0.3) is 0 Å². The number of thioether (sulfide) groups is 2. The number of aliphatic carboxylic acids is 1. The van der Waals surface area contributed by atoms with Crippen molar-refractivity contribution in [1.82, 2.24) is 25.7 Å². The van der Waals surface area contributed by atoms with E-state index in [2.05, 4.69) is 20.8 Å². The van der Waals surface area contributed by atoms with Gasteiger partial charge in [0.2, 0.25) is 5.91 Å². The first-order valence-electron chi connectivity index (χ1n) is 12.3. The number of carbonyl (C=O) groups is 5. The predicted octanol–water partition coefficient (Wildman–Crippen LogP) is 2.04. The minimum absolute atomic E-state index is 0.0407. The zero-order valence-corrected chi connectivity index (χ0v) is 24.7. The number of rotatable bonds is 10. The molecular weight excluding hydrogens is 595 g/mol. The molecule has 4 rings (SSSR count). The first-order valence-corrected chi connectivity index (χ1v) is 15.2. The second-order valence-electron chi connectivity index (χ2n) is 9.86. The van der Waals surface area contributed by atoms with Crippen LogP contribution in [0.4, 0.5) is 4.79 Å². The average Bonchev–Trinajstić information content (AvgIpc) is 3.42. The molecule has 1 unspecified atom stereocenters. The SMILES string of the molecule is CC(C)(C)OC(=O)NCC(=O)Oc1ccc(CC(=O)NC2C(=O)N3C(C(=O)O)=C(CSc4nncs4)CS[C@@H]23)cc1. The number of amides is 3. The van der Waals surface area contributed by atoms with Crippen LogP contribution >= 0.6 is 34.9 Å². The molecule has 1 aromatic carbocycles. The van der Waals surface area contributed by atoms with Crippen LogP contribution in [0.3, 0.4) is 0 Å². The van der Waals surface area contributed by atoms with E-state index in [1.807, 2.05) is 0 Å². The number of hydrogen-bond donors (Lipinski definition) is 3. The number of nitrogens with zero attached hydrogens (tertiary/aromatic N) is 3. The maximum atomic E-state index is 12.9. The number of carboxylic acids is 1. The minimum atomic E-state index is -1.19. The summed E-state index contributed by atoms with van der Waals surface area (Å²) in [7, 11) is 0. The van der Waals surface area contributed by atoms with Crippen LogP contribution in [0, 0.1) is 0 Å². The van der Waals surface area contributed by atoms with E-state index in [-0.39, 0.29) is 24.4 Å². The van der Waals surface area contributed by atoms with Crippen LogP contribution < -0.4 is 15.4 Å². The Labute approximate surface area is 247 Å². The molecule has 1 fully saturated rings. The van der Waals surface area contributed by atoms with Gasteiger partial charge in [-0.2, -0.15) is 0 Å². The maximum absolute atomic E-state index is 12.9. The summed E-state index contributed by atoms with van der Waals surface area (Å²) in [6, 6.07) is 5.37. The number of fused-ring (bicyclic) bond motifs is 1. The van der Waals surface area contributed by atoms with Gasteiger partial charge in [-0.1, -0.05) is 35.2 Å². The topological polar surface area (TPSA) is 177 Å². The molecule has 218 valence electrons. The van der Waals surface area contributed by atoms with E-state index in [9.17, 15) is 29.1 Å². The van der Waals surface area contributed by atoms with E-state index >= 15 is 0 Å². The fraction of sp³-hybridized carbons (Fsp3) is 0.400. The van der Waals surface area contributed by atoms with Crippen LogP contribution in [0.1, 0.15) is 26.3 Å². The Bertz CT molecular complexity index is 1360. The quantitative estimate of drug-likeness (QED) is 0.152. The Morgan fingerprint density at radius 3 is 2.56 bits per heavy atom. The number of β-lactam (4-membered cyclic amide) rings is 1. The molecule has 2 aromatic rings. The van der Waals surface area contributed by atoms with Gasteiger partial charge in [-0.25, -0.2) is 14.4 Å². The van der Waals surface area contributed by atoms with Crippen LogP contribution in [-0.2, 0) is 30.3 Å². The zero-order valence-electron chi connectivity index (χ0n) is 22.2. The number of aromatic nitrogens is 2. The lowest BCUT2D eigenvalue weighted by atomic mass is 10.0. The molecule has 0 saturated carbocycles. The minimum Gasteiger partial charge on any atom is -0.477 e. The molecule has 2 aliphatic rings. The van der Waals surface area contributed by atoms with E-state index < -0.39 is 46.9 Å². The monoisotopic (exact) mass is 621 g/mol. The van der Waals surface area contributed by atoms with E-state index in [0.717, 1.165) is 0 Å². The summed E-state index contributed by atoms with van der Waals surface area (Å²) in [4.78, 5) is 62.4. The Balaban J connectivity index is 1.26. The van der Waals surface area contributed by atoms with Gasteiger partial charge < -0.3 is 25.2 Å². The second kappa shape index (κ2) is 12.9. The van der Waals surface area contributed by atoms with E-state index in [4.69, 9.17) is 9.47 Å². The van der Waals surface area contributed by atoms with E-state index in [1.165, 1.54) is 51.9 Å². The first kappa shape index (κ1) is 30.3. The number of nitrogens with one attached hydrogen (secondary N) is 2. The van der Waals surface area contributed by atoms with Crippen LogP contribution in [0.5, 0.6) is 5.75 Å². The zero-order chi connectivity index (χ0) is 29.7. The predicted molar refractivity (Wildman–Crippen MR) is 150 cm³/mol. The molecule has 13 nitrogen and oxygen atoms in total. The highest BCUT2D eigenvalue weighted by Crippen LogP contribution is 2.41. The van der Waals surface area contributed by atoms with Gasteiger partial charge in [0.1, 0.15) is 40.5 Å². The third-order valence-electron chi connectivity index (χ3n) is 5.57. The molecule has 1 saturated heterocycles. The smallest absolute Gasteiger partial charge is 0.408 e. The third kappa shape index (κ3) is 7.98. The van der Waals surface area contributed by atoms with Crippen LogP contribution in [0.15, 0.2) is 45.4 Å². The molecule has 3 N–H and O–H groups in total. The molecule has 3 heterocycles. The molecule has 1 aromatic heterocycles. The van der Waals surface area contributed by atoms with Gasteiger partial charge in [0.15, 0.2) is 4.34 Å². The lowest BCUT2D eigenvalue weighted by Crippen LogP contribution is -2.70. The fourth-order valence-corrected chi connectivity index (χ4v) is 6.85. The summed E-state index contributed by atoms with van der Waals surface area (Å²) in [5.74, 6) is -1.78. The first-order chi connectivity index (χ1) is 19.4. The van der Waals surface area contributed by atoms with E-state index in [1.54, 1.807) is 38.4 Å². The maximum Gasteiger partial charge on any atom is 0.408 e. The summed E-state index contributed by atoms with van der Waals surface area (Å²) in [5, 5.41) is 22.0. The van der Waals surface area contributed by atoms with E-state index in [0.29, 0.717) is 27.0 Å². The third-order valence-corrected chi connectivity index (χ3v) is 8.86. The number of benzene rings is 1. The van der Waals surface area contributed by atoms with Gasteiger partial charge in [0, 0.05) is 11.5 Å². The number of ether oxygens (including phenoxy) is 2. The van der Waals surface area contributed by atoms with Crippen molar-refractivity contribution >= 4 is 64.7 Å². The van der Waals surface area contributed by atoms with Crippen LogP contribution in [-0.4, -0.2) is 85.1 Å². The van der Waals surface area contributed by atoms with Crippen molar-refractivity contribution in [3.05, 3.63) is 46.6 Å². The van der Waals surface area contributed by atoms with Gasteiger partial charge >= 0.3 is 18.0 Å². The highest BCUT2D eigenvalue weighted by Gasteiger charge is 2.54. The van der Waals surface area contributed by atoms with Gasteiger partial charge in [-0.3, -0.25) is 14.5 Å². The number of esters is 1. The normalized spacial score (nSPS) is 18.2. The summed E-state index contributed by atoms with van der Waals surface area (Å²) < 4.78 is 10.9. The summed E-state index contributed by atoms with van der Waals surface area (Å²) >= 11 is 4.10. The van der Waals surface area contributed by atoms with Crippen molar-refractivity contribution in [3.8, 4) is 5.75 Å². The van der Waals surface area contributed by atoms with Crippen LogP contribution in [0.2, 0.25) is 0 Å². The second-order valence-corrected chi connectivity index (χ2v) is 13.0. The molecule has 16 heteroatoms. The van der Waals surface area contributed by atoms with Gasteiger partial charge in [0.25, 0.3) is 5.91 Å². The van der Waals surface area contributed by atoms with Crippen molar-refractivity contribution in [2.75, 3.05) is 18.1 Å². The molecule has 0 spiro atoms. The standard InChI is InChI=1S/C25H27N5O8S3/c1-25(2,3)38-23(36)26-9-17(32)37-15-6-4-13(5-7-15)8-16(31)28-18-20(33)30-19(22(34)35)14(10-39-21(18)30)11-40-24-29-27-12-41-24/h4-7,12,18,21H,8-11H2,1-3H3,(H,26,36)(H,28,31)(H,34,35)/t18?,21-/m0/s1. The molecule has 0 radical (unpaired) electrons. The average molecular weight is 622 g/mol. The van der Waals surface area contributed by atoms with Crippen molar-refractivity contribution in [2.24, 2.45) is 0 Å². The lowest BCUT2D eigenvalue weighted by Gasteiger charge is -2.49. The molecular formula is C25H27N5O8S3. The van der Waals surface area contributed by atoms with Crippen molar-refractivity contribution in [2.45, 2.75) is 48.5 Å². The van der Waals surface area contributed by atoms with Gasteiger partial charge in [-0.05, 0) is 44.0 Å². The summed E-state index contributed by atoms with van der Waals surface area (Å²) in [6.07, 6.45) is -0.782. The number of carbonyl (C=O) groups excluding carboxylic acids is 4. The summed E-state index contributed by atoms with van der Waals surface area (Å²) in [5.41, 5.74) is 2.06. The molecule has 41 heavy (non-hydrogen) atoms. The van der Waals surface area contributed by atoms with Crippen molar-refractivity contribution in [3.63, 3.8) is 0 Å². The van der Waals surface area contributed by atoms with Gasteiger partial charge in [0.05, 0.1) is 6.42 Å². The molecule has 3 amide bonds. The highest BCUT2D eigenvalue weighted by molar-refractivity contribution is 8.01. The molecule has 2 aliphatic heterocycles. The number of hydrogen-bond acceptors (Lipinski definition) is 12. The Hall–Kier alpha value is -3.63. The van der Waals surface area contributed by atoms with Crippen molar-refractivity contribution < 1.29 is 38.6 Å². The largest absolute Gasteiger partial charge is 0.477 e. The lowest BCUT2D eigenvalue weighted by molar-refractivity contribution is -0.150. The highest BCUT2D eigenvalue weighted by atomic mass is 32.2. The fourth-order valence-electron chi connectivity index (χ4n) is 3.88. The van der Waals surface area contributed by atoms with Crippen molar-refractivity contribution in [1.29, 1.82) is 0 Å². The molecule has 2 atom stereocenters. The summed E-state index contributed by atoms with van der Waals surface area (Å²) in [6.45, 7) is 4.72. The Morgan fingerprint density at radius 1 is 1.20 bits per heavy atom.